The number of carbonyl (C=O) groups is 1. The van der Waals surface area contributed by atoms with Crippen LogP contribution >= 0.6 is 11.3 Å². The van der Waals surface area contributed by atoms with E-state index in [0.717, 1.165) is 15.2 Å². The van der Waals surface area contributed by atoms with Gasteiger partial charge in [0.25, 0.3) is 0 Å². The minimum absolute atomic E-state index is 0.140. The molecule has 0 saturated carbocycles. The summed E-state index contributed by atoms with van der Waals surface area (Å²) in [4.78, 5) is 17.9. The van der Waals surface area contributed by atoms with Crippen molar-refractivity contribution in [2.45, 2.75) is 24.8 Å². The Labute approximate surface area is 182 Å². The number of nitrogens with one attached hydrogen (secondary N) is 1. The molecule has 4 aromatic rings. The molecule has 7 heteroatoms. The van der Waals surface area contributed by atoms with Crippen LogP contribution in [-0.2, 0) is 21.5 Å². The molecule has 5 nitrogen and oxygen atoms in total. The van der Waals surface area contributed by atoms with Gasteiger partial charge in [-0.2, -0.15) is 0 Å². The van der Waals surface area contributed by atoms with Gasteiger partial charge in [0.15, 0.2) is 10.8 Å². The summed E-state index contributed by atoms with van der Waals surface area (Å²) in [5.41, 5.74) is 0.816. The zero-order valence-electron chi connectivity index (χ0n) is 16.8. The summed E-state index contributed by atoms with van der Waals surface area (Å²) in [6, 6.07) is 18.0. The molecular formula is C24H21FN2O3S. The molecule has 31 heavy (non-hydrogen) atoms. The van der Waals surface area contributed by atoms with Crippen LogP contribution in [0.1, 0.15) is 24.2 Å². The molecule has 1 N–H and O–H groups in total. The van der Waals surface area contributed by atoms with Gasteiger partial charge in [-0.1, -0.05) is 24.3 Å². The Morgan fingerprint density at radius 1 is 1.10 bits per heavy atom. The van der Waals surface area contributed by atoms with E-state index < -0.39 is 5.41 Å². The van der Waals surface area contributed by atoms with Gasteiger partial charge < -0.3 is 14.5 Å². The summed E-state index contributed by atoms with van der Waals surface area (Å²) in [6.45, 7) is 1.18. The van der Waals surface area contributed by atoms with Crippen LogP contribution in [0, 0.1) is 5.82 Å². The van der Waals surface area contributed by atoms with Crippen molar-refractivity contribution < 1.29 is 18.3 Å². The van der Waals surface area contributed by atoms with Crippen molar-refractivity contribution in [3.05, 3.63) is 77.8 Å². The zero-order valence-corrected chi connectivity index (χ0v) is 17.6. The lowest BCUT2D eigenvalue weighted by molar-refractivity contribution is -0.130. The number of aromatic nitrogens is 1. The Balaban J connectivity index is 1.33. The molecule has 158 valence electrons. The second-order valence-corrected chi connectivity index (χ2v) is 8.67. The highest BCUT2D eigenvalue weighted by atomic mass is 32.1. The normalized spacial score (nSPS) is 15.8. The highest BCUT2D eigenvalue weighted by Gasteiger charge is 2.41. The molecule has 0 aliphatic carbocycles. The quantitative estimate of drug-likeness (QED) is 0.475. The zero-order chi connectivity index (χ0) is 21.3. The van der Waals surface area contributed by atoms with Crippen LogP contribution in [0.3, 0.4) is 0 Å². The first-order chi connectivity index (χ1) is 15.1. The lowest BCUT2D eigenvalue weighted by Crippen LogP contribution is -2.47. The first kappa shape index (κ1) is 19.9. The number of nitrogens with zero attached hydrogens (tertiary/aromatic N) is 1. The molecule has 1 saturated heterocycles. The fourth-order valence-electron chi connectivity index (χ4n) is 4.05. The summed E-state index contributed by atoms with van der Waals surface area (Å²) in [5, 5.41) is 3.80. The van der Waals surface area contributed by atoms with Gasteiger partial charge >= 0.3 is 0 Å². The average Bonchev–Trinajstić information content (AvgIpc) is 3.45. The van der Waals surface area contributed by atoms with E-state index in [0.29, 0.717) is 43.1 Å². The lowest BCUT2D eigenvalue weighted by Gasteiger charge is -2.36. The second kappa shape index (κ2) is 8.24. The van der Waals surface area contributed by atoms with E-state index >= 15 is 0 Å². The van der Waals surface area contributed by atoms with Crippen molar-refractivity contribution >= 4 is 27.5 Å². The van der Waals surface area contributed by atoms with Crippen LogP contribution in [0.5, 0.6) is 0 Å². The lowest BCUT2D eigenvalue weighted by atomic mass is 9.73. The largest absolute Gasteiger partial charge is 0.457 e. The third-order valence-corrected chi connectivity index (χ3v) is 6.80. The van der Waals surface area contributed by atoms with Crippen LogP contribution in [0.2, 0.25) is 0 Å². The fraction of sp³-hybridized carbons (Fsp3) is 0.250. The minimum Gasteiger partial charge on any atom is -0.457 e. The van der Waals surface area contributed by atoms with E-state index in [4.69, 9.17) is 9.15 Å². The predicted molar refractivity (Wildman–Crippen MR) is 117 cm³/mol. The SMILES string of the molecule is O=C(NCc1ccc(-c2nc3ccccc3s2)o1)C1(c2cccc(F)c2)CCOCC1. The molecule has 1 amide bonds. The third-order valence-electron chi connectivity index (χ3n) is 5.75. The molecule has 0 unspecified atom stereocenters. The number of benzene rings is 2. The smallest absolute Gasteiger partial charge is 0.231 e. The highest BCUT2D eigenvalue weighted by molar-refractivity contribution is 7.21. The van der Waals surface area contributed by atoms with Crippen molar-refractivity contribution in [3.63, 3.8) is 0 Å². The number of para-hydroxylation sites is 1. The van der Waals surface area contributed by atoms with Crippen molar-refractivity contribution in [2.75, 3.05) is 13.2 Å². The molecule has 0 spiro atoms. The van der Waals surface area contributed by atoms with Gasteiger partial charge in [-0.15, -0.1) is 11.3 Å². The number of rotatable bonds is 5. The van der Waals surface area contributed by atoms with Crippen molar-refractivity contribution in [2.24, 2.45) is 0 Å². The average molecular weight is 437 g/mol. The number of fused-ring (bicyclic) bond motifs is 1. The Morgan fingerprint density at radius 3 is 2.74 bits per heavy atom. The molecular weight excluding hydrogens is 415 g/mol. The number of halogens is 1. The van der Waals surface area contributed by atoms with Crippen LogP contribution in [0.4, 0.5) is 4.39 Å². The Morgan fingerprint density at radius 2 is 1.94 bits per heavy atom. The number of thiazole rings is 1. The van der Waals surface area contributed by atoms with Gasteiger partial charge in [-0.25, -0.2) is 9.37 Å². The number of ether oxygens (including phenoxy) is 1. The first-order valence-electron chi connectivity index (χ1n) is 10.2. The maximum Gasteiger partial charge on any atom is 0.231 e. The van der Waals surface area contributed by atoms with Crippen LogP contribution in [0.15, 0.2) is 65.1 Å². The van der Waals surface area contributed by atoms with Crippen LogP contribution in [-0.4, -0.2) is 24.1 Å². The van der Waals surface area contributed by atoms with Gasteiger partial charge in [0.1, 0.15) is 11.6 Å². The van der Waals surface area contributed by atoms with E-state index in [1.54, 1.807) is 17.4 Å². The molecule has 0 bridgehead atoms. The summed E-state index contributed by atoms with van der Waals surface area (Å²) in [5.74, 6) is 0.836. The van der Waals surface area contributed by atoms with Crippen LogP contribution in [0.25, 0.3) is 21.0 Å². The molecule has 0 atom stereocenters. The van der Waals surface area contributed by atoms with Gasteiger partial charge in [0.05, 0.1) is 22.2 Å². The highest BCUT2D eigenvalue weighted by Crippen LogP contribution is 2.36. The van der Waals surface area contributed by atoms with Crippen molar-refractivity contribution in [1.82, 2.24) is 10.3 Å². The molecule has 2 aromatic carbocycles. The standard InChI is InChI=1S/C24H21FN2O3S/c25-17-5-3-4-16(14-17)24(10-12-29-13-11-24)23(28)26-15-18-8-9-20(30-18)22-27-19-6-1-2-7-21(19)31-22/h1-9,14H,10-13,15H2,(H,26,28). The molecule has 1 fully saturated rings. The number of carbonyl (C=O) groups excluding carboxylic acids is 1. The van der Waals surface area contributed by atoms with Gasteiger partial charge in [0.2, 0.25) is 5.91 Å². The summed E-state index contributed by atoms with van der Waals surface area (Å²) in [6.07, 6.45) is 1.02. The third kappa shape index (κ3) is 3.86. The monoisotopic (exact) mass is 436 g/mol. The van der Waals surface area contributed by atoms with Gasteiger partial charge in [-0.05, 0) is 54.8 Å². The van der Waals surface area contributed by atoms with E-state index in [9.17, 15) is 9.18 Å². The molecule has 3 heterocycles. The van der Waals surface area contributed by atoms with Crippen LogP contribution < -0.4 is 5.32 Å². The second-order valence-electron chi connectivity index (χ2n) is 7.64. The molecule has 5 rings (SSSR count). The Bertz CT molecular complexity index is 1190. The van der Waals surface area contributed by atoms with E-state index in [2.05, 4.69) is 10.3 Å². The van der Waals surface area contributed by atoms with Gasteiger partial charge in [0, 0.05) is 13.2 Å². The maximum atomic E-state index is 13.9. The number of furan rings is 1. The molecule has 1 aliphatic rings. The van der Waals surface area contributed by atoms with E-state index in [-0.39, 0.29) is 18.3 Å². The maximum absolute atomic E-state index is 13.9. The molecule has 0 radical (unpaired) electrons. The summed E-state index contributed by atoms with van der Waals surface area (Å²) < 4.78 is 26.4. The molecule has 1 aliphatic heterocycles. The minimum atomic E-state index is -0.803. The van der Waals surface area contributed by atoms with E-state index in [1.165, 1.54) is 12.1 Å². The fourth-order valence-corrected chi connectivity index (χ4v) is 4.98. The molecule has 2 aromatic heterocycles. The van der Waals surface area contributed by atoms with Crippen molar-refractivity contribution in [3.8, 4) is 10.8 Å². The summed E-state index contributed by atoms with van der Waals surface area (Å²) in [7, 11) is 0. The number of hydrogen-bond donors (Lipinski definition) is 1. The Hall–Kier alpha value is -3.03. The van der Waals surface area contributed by atoms with Gasteiger partial charge in [-0.3, -0.25) is 4.79 Å². The number of amides is 1. The van der Waals surface area contributed by atoms with Crippen molar-refractivity contribution in [1.29, 1.82) is 0 Å². The first-order valence-corrected chi connectivity index (χ1v) is 11.0. The predicted octanol–water partition coefficient (Wildman–Crippen LogP) is 5.06. The Kier molecular flexibility index (Phi) is 5.29. The van der Waals surface area contributed by atoms with E-state index in [1.807, 2.05) is 42.5 Å². The number of hydrogen-bond acceptors (Lipinski definition) is 5. The summed E-state index contributed by atoms with van der Waals surface area (Å²) >= 11 is 1.57. The topological polar surface area (TPSA) is 64.4 Å².